The van der Waals surface area contributed by atoms with Crippen molar-refractivity contribution in [3.8, 4) is 17.0 Å². The average molecular weight is 706 g/mol. The van der Waals surface area contributed by atoms with Crippen LogP contribution in [-0.4, -0.2) is 58.1 Å². The maximum atomic E-state index is 14.8. The molecule has 0 spiro atoms. The van der Waals surface area contributed by atoms with E-state index in [1.165, 1.54) is 38.5 Å². The molecule has 5 rings (SSSR count). The Balaban J connectivity index is 1.47. The highest BCUT2D eigenvalue weighted by molar-refractivity contribution is 6.76. The molecule has 11 nitrogen and oxygen atoms in total. The summed E-state index contributed by atoms with van der Waals surface area (Å²) in [5.41, 5.74) is 10.5. The zero-order valence-electron chi connectivity index (χ0n) is 31.4. The van der Waals surface area contributed by atoms with Gasteiger partial charge in [-0.2, -0.15) is 15.2 Å². The van der Waals surface area contributed by atoms with Crippen molar-refractivity contribution in [3.05, 3.63) is 41.0 Å². The highest BCUT2D eigenvalue weighted by Crippen LogP contribution is 2.48. The molecule has 2 aliphatic rings. The van der Waals surface area contributed by atoms with Crippen LogP contribution in [0.15, 0.2) is 18.3 Å². The van der Waals surface area contributed by atoms with Crippen molar-refractivity contribution < 1.29 is 19.1 Å². The number of hydrogen-bond acceptors (Lipinski definition) is 7. The zero-order valence-corrected chi connectivity index (χ0v) is 32.4. The van der Waals surface area contributed by atoms with Gasteiger partial charge < -0.3 is 20.5 Å². The minimum Gasteiger partial charge on any atom is -0.480 e. The van der Waals surface area contributed by atoms with Gasteiger partial charge in [-0.3, -0.25) is 14.3 Å². The van der Waals surface area contributed by atoms with Crippen molar-refractivity contribution in [1.82, 2.24) is 24.5 Å². The van der Waals surface area contributed by atoms with E-state index in [0.717, 1.165) is 54.2 Å². The van der Waals surface area contributed by atoms with Crippen LogP contribution in [0.5, 0.6) is 5.88 Å². The van der Waals surface area contributed by atoms with Gasteiger partial charge in [0, 0.05) is 43.6 Å². The van der Waals surface area contributed by atoms with Gasteiger partial charge in [-0.25, -0.2) is 4.68 Å². The number of primary amides is 1. The molecule has 0 saturated heterocycles. The summed E-state index contributed by atoms with van der Waals surface area (Å²) in [6.45, 7) is 14.5. The molecule has 2 fully saturated rings. The van der Waals surface area contributed by atoms with E-state index in [0.29, 0.717) is 54.7 Å². The monoisotopic (exact) mass is 705 g/mol. The van der Waals surface area contributed by atoms with Crippen LogP contribution in [0.3, 0.4) is 0 Å². The van der Waals surface area contributed by atoms with Gasteiger partial charge in [0.2, 0.25) is 11.8 Å². The van der Waals surface area contributed by atoms with Gasteiger partial charge in [-0.1, -0.05) is 83.8 Å². The number of rotatable bonds is 15. The summed E-state index contributed by atoms with van der Waals surface area (Å²) in [6.07, 6.45) is 13.2. The fourth-order valence-electron chi connectivity index (χ4n) is 8.43. The van der Waals surface area contributed by atoms with Crippen LogP contribution < -0.4 is 15.8 Å². The summed E-state index contributed by atoms with van der Waals surface area (Å²) in [7, 11) is 0.401. The predicted octanol–water partition coefficient (Wildman–Crippen LogP) is 7.70. The molecule has 50 heavy (non-hydrogen) atoms. The normalized spacial score (nSPS) is 16.9. The Bertz CT molecular complexity index is 1600. The van der Waals surface area contributed by atoms with Crippen molar-refractivity contribution >= 4 is 25.7 Å². The molecule has 0 aromatic carbocycles. The smallest absolute Gasteiger partial charge is 0.267 e. The van der Waals surface area contributed by atoms with Gasteiger partial charge >= 0.3 is 0 Å². The van der Waals surface area contributed by atoms with Gasteiger partial charge in [0.05, 0.1) is 24.9 Å². The van der Waals surface area contributed by atoms with Crippen LogP contribution in [-0.2, 0) is 22.8 Å². The largest absolute Gasteiger partial charge is 0.480 e. The second-order valence-corrected chi connectivity index (χ2v) is 21.2. The Morgan fingerprint density at radius 3 is 2.20 bits per heavy atom. The van der Waals surface area contributed by atoms with E-state index in [2.05, 4.69) is 30.1 Å². The van der Waals surface area contributed by atoms with Gasteiger partial charge in [-0.05, 0) is 56.7 Å². The summed E-state index contributed by atoms with van der Waals surface area (Å²) in [6, 6.07) is 4.86. The standard InChI is InChI=1S/C38H59N7O4Si/c1-8-44-35(36(39)46)30(23-40-44)34(33(27-15-11-9-12-16-27)28-17-13-10-14-18-28)37(47)41-31-20-19-29(38(42-31)48-4)32-25(2)43-45(26(32)3)24-49-21-22-50(5,6)7/h19-20,23,27-28,33-34H,8-18,21-22,24H2,1-7H3,(H2,39,46)(H,41,42,47). The fraction of sp³-hybridized carbons (Fsp3) is 0.658. The first kappa shape index (κ1) is 37.7. The van der Waals surface area contributed by atoms with Crippen molar-refractivity contribution in [2.45, 2.75) is 130 Å². The number of carbonyl (C=O) groups excluding carboxylic acids is 2. The Morgan fingerprint density at radius 1 is 1.00 bits per heavy atom. The molecule has 1 unspecified atom stereocenters. The second kappa shape index (κ2) is 16.7. The Labute approximate surface area is 299 Å². The average Bonchev–Trinajstić information content (AvgIpc) is 3.65. The predicted molar refractivity (Wildman–Crippen MR) is 200 cm³/mol. The fourth-order valence-corrected chi connectivity index (χ4v) is 9.19. The van der Waals surface area contributed by atoms with Gasteiger partial charge in [0.25, 0.3) is 5.91 Å². The number of amides is 2. The molecule has 3 aromatic heterocycles. The molecule has 1 atom stereocenters. The molecule has 0 aliphatic heterocycles. The molecule has 3 N–H and O–H groups in total. The van der Waals surface area contributed by atoms with Crippen LogP contribution >= 0.6 is 0 Å². The second-order valence-electron chi connectivity index (χ2n) is 15.6. The van der Waals surface area contributed by atoms with E-state index in [1.807, 2.05) is 37.6 Å². The van der Waals surface area contributed by atoms with Crippen molar-refractivity contribution in [3.63, 3.8) is 0 Å². The minimum absolute atomic E-state index is 0.0773. The quantitative estimate of drug-likeness (QED) is 0.122. The lowest BCUT2D eigenvalue weighted by Crippen LogP contribution is -2.39. The summed E-state index contributed by atoms with van der Waals surface area (Å²) >= 11 is 0. The highest BCUT2D eigenvalue weighted by Gasteiger charge is 2.43. The molecular formula is C38H59N7O4Si. The van der Waals surface area contributed by atoms with E-state index in [1.54, 1.807) is 18.0 Å². The number of aryl methyl sites for hydroxylation is 2. The Morgan fingerprint density at radius 2 is 1.64 bits per heavy atom. The lowest BCUT2D eigenvalue weighted by Gasteiger charge is -2.41. The van der Waals surface area contributed by atoms with Gasteiger partial charge in [0.1, 0.15) is 18.2 Å². The number of nitrogens with two attached hydrogens (primary N) is 1. The third-order valence-corrected chi connectivity index (χ3v) is 12.7. The van der Waals surface area contributed by atoms with Crippen LogP contribution in [0.1, 0.15) is 104 Å². The van der Waals surface area contributed by atoms with Crippen LogP contribution in [0.4, 0.5) is 5.82 Å². The molecule has 12 heteroatoms. The topological polar surface area (TPSA) is 139 Å². The van der Waals surface area contributed by atoms with Crippen LogP contribution in [0, 0.1) is 31.6 Å². The van der Waals surface area contributed by atoms with Crippen LogP contribution in [0.25, 0.3) is 11.1 Å². The number of nitrogens with zero attached hydrogens (tertiary/aromatic N) is 5. The van der Waals surface area contributed by atoms with E-state index in [9.17, 15) is 9.59 Å². The first-order valence-electron chi connectivity index (χ1n) is 18.8. The molecule has 274 valence electrons. The summed E-state index contributed by atoms with van der Waals surface area (Å²) in [4.78, 5) is 32.5. The molecular weight excluding hydrogens is 647 g/mol. The van der Waals surface area contributed by atoms with Gasteiger partial charge in [-0.15, -0.1) is 0 Å². The molecule has 3 heterocycles. The molecule has 2 amide bonds. The molecule has 0 radical (unpaired) electrons. The Kier molecular flexibility index (Phi) is 12.6. The Hall–Kier alpha value is -3.51. The summed E-state index contributed by atoms with van der Waals surface area (Å²) in [5.74, 6) is 0.335. The number of carbonyl (C=O) groups is 2. The number of methoxy groups -OCH3 is 1. The number of anilines is 1. The first-order chi connectivity index (χ1) is 23.9. The van der Waals surface area contributed by atoms with E-state index < -0.39 is 19.9 Å². The maximum Gasteiger partial charge on any atom is 0.267 e. The summed E-state index contributed by atoms with van der Waals surface area (Å²) < 4.78 is 15.4. The minimum atomic E-state index is -1.19. The SMILES string of the molecule is CCn1ncc(C(C(=O)Nc2ccc(-c3c(C)nn(COCC[Si](C)(C)C)c3C)c(OC)n2)C(C2CCCCC2)C2CCCCC2)c1C(N)=O. The molecule has 2 aliphatic carbocycles. The molecule has 2 saturated carbocycles. The third kappa shape index (κ3) is 8.67. The van der Waals surface area contributed by atoms with E-state index >= 15 is 0 Å². The molecule has 3 aromatic rings. The third-order valence-electron chi connectivity index (χ3n) is 11.0. The van der Waals surface area contributed by atoms with Gasteiger partial charge in [0.15, 0.2) is 0 Å². The first-order valence-corrected chi connectivity index (χ1v) is 22.5. The zero-order chi connectivity index (χ0) is 36.0. The summed E-state index contributed by atoms with van der Waals surface area (Å²) in [5, 5.41) is 12.5. The van der Waals surface area contributed by atoms with Crippen molar-refractivity contribution in [1.29, 1.82) is 0 Å². The molecule has 0 bridgehead atoms. The van der Waals surface area contributed by atoms with E-state index in [4.69, 9.17) is 25.3 Å². The number of nitrogens with one attached hydrogen (secondary N) is 1. The number of pyridine rings is 1. The van der Waals surface area contributed by atoms with E-state index in [-0.39, 0.29) is 11.8 Å². The highest BCUT2D eigenvalue weighted by atomic mass is 28.3. The maximum absolute atomic E-state index is 14.8. The van der Waals surface area contributed by atoms with Crippen LogP contribution in [0.2, 0.25) is 25.7 Å². The number of hydrogen-bond donors (Lipinski definition) is 2. The number of ether oxygens (including phenoxy) is 2. The van der Waals surface area contributed by atoms with Crippen molar-refractivity contribution in [2.24, 2.45) is 23.5 Å². The number of aromatic nitrogens is 5. The van der Waals surface area contributed by atoms with Crippen molar-refractivity contribution in [2.75, 3.05) is 19.0 Å². The lowest BCUT2D eigenvalue weighted by atomic mass is 9.63. The lowest BCUT2D eigenvalue weighted by molar-refractivity contribution is -0.120.